The summed E-state index contributed by atoms with van der Waals surface area (Å²) >= 11 is 5.80. The van der Waals surface area contributed by atoms with Gasteiger partial charge in [0.2, 0.25) is 0 Å². The number of hydrogen-bond donors (Lipinski definition) is 2. The van der Waals surface area contributed by atoms with E-state index in [1.165, 1.54) is 12.3 Å². The number of rotatable bonds is 5. The summed E-state index contributed by atoms with van der Waals surface area (Å²) in [5.74, 6) is -0.378. The number of nitrogens with one attached hydrogen (secondary N) is 2. The van der Waals surface area contributed by atoms with Gasteiger partial charge in [0, 0.05) is 6.20 Å². The Morgan fingerprint density at radius 3 is 2.30 bits per heavy atom. The van der Waals surface area contributed by atoms with Crippen molar-refractivity contribution in [1.29, 1.82) is 0 Å². The van der Waals surface area contributed by atoms with Crippen molar-refractivity contribution < 1.29 is 14.3 Å². The van der Waals surface area contributed by atoms with Gasteiger partial charge in [0.1, 0.15) is 10.8 Å². The molecule has 7 heteroatoms. The van der Waals surface area contributed by atoms with Crippen molar-refractivity contribution in [2.75, 3.05) is 10.6 Å². The van der Waals surface area contributed by atoms with Crippen LogP contribution in [0.1, 0.15) is 50.5 Å². The van der Waals surface area contributed by atoms with Gasteiger partial charge in [-0.15, -0.1) is 0 Å². The summed E-state index contributed by atoms with van der Waals surface area (Å²) in [6.45, 7) is 9.20. The van der Waals surface area contributed by atoms with Crippen molar-refractivity contribution in [1.82, 2.24) is 4.98 Å². The van der Waals surface area contributed by atoms with Gasteiger partial charge in [-0.05, 0) is 70.0 Å². The Kier molecular flexibility index (Phi) is 7.78. The quantitative estimate of drug-likeness (QED) is 0.432. The Morgan fingerprint density at radius 1 is 1.03 bits per heavy atom. The molecule has 0 aliphatic rings. The van der Waals surface area contributed by atoms with Crippen LogP contribution in [0.15, 0.2) is 54.8 Å². The molecule has 2 rings (SSSR count). The molecule has 6 nitrogen and oxygen atoms in total. The molecule has 0 spiro atoms. The summed E-state index contributed by atoms with van der Waals surface area (Å²) in [6, 6.07) is 8.50. The molecule has 30 heavy (non-hydrogen) atoms. The SMILES string of the molecule is C/C=C\C(=C/C)c1ccc(NC(=O)OC(C)(C)C)c(NC(=O)c2ccc(Cl)nc2)c1. The largest absolute Gasteiger partial charge is 0.444 e. The fraction of sp³-hybridized carbons (Fsp3) is 0.261. The molecule has 2 N–H and O–H groups in total. The average molecular weight is 428 g/mol. The number of halogens is 1. The minimum atomic E-state index is -0.646. The molecule has 158 valence electrons. The Morgan fingerprint density at radius 2 is 1.73 bits per heavy atom. The smallest absolute Gasteiger partial charge is 0.412 e. The van der Waals surface area contributed by atoms with Crippen molar-refractivity contribution >= 4 is 40.5 Å². The predicted octanol–water partition coefficient (Wildman–Crippen LogP) is 6.31. The fourth-order valence-electron chi connectivity index (χ4n) is 2.59. The highest BCUT2D eigenvalue weighted by Crippen LogP contribution is 2.28. The molecule has 0 unspecified atom stereocenters. The van der Waals surface area contributed by atoms with Crippen molar-refractivity contribution in [2.24, 2.45) is 0 Å². The molecular formula is C23H26ClN3O3. The van der Waals surface area contributed by atoms with Crippen LogP contribution in [0.4, 0.5) is 16.2 Å². The molecule has 0 aliphatic carbocycles. The third-order valence-corrected chi connectivity index (χ3v) is 4.11. The molecule has 0 aliphatic heterocycles. The lowest BCUT2D eigenvalue weighted by Gasteiger charge is -2.21. The molecule has 0 fully saturated rings. The van der Waals surface area contributed by atoms with Crippen LogP contribution in [-0.4, -0.2) is 22.6 Å². The van der Waals surface area contributed by atoms with Crippen LogP contribution in [0.25, 0.3) is 5.57 Å². The highest BCUT2D eigenvalue weighted by atomic mass is 35.5. The van der Waals surface area contributed by atoms with E-state index >= 15 is 0 Å². The van der Waals surface area contributed by atoms with Crippen LogP contribution in [0.3, 0.4) is 0 Å². The first-order valence-corrected chi connectivity index (χ1v) is 9.87. The van der Waals surface area contributed by atoms with Crippen LogP contribution in [0.5, 0.6) is 0 Å². The summed E-state index contributed by atoms with van der Waals surface area (Å²) in [5.41, 5.74) is 2.40. The Hall–Kier alpha value is -3.12. The minimum Gasteiger partial charge on any atom is -0.444 e. The number of aromatic nitrogens is 1. The molecule has 0 atom stereocenters. The molecular weight excluding hydrogens is 402 g/mol. The van der Waals surface area contributed by atoms with Gasteiger partial charge in [0.25, 0.3) is 5.91 Å². The summed E-state index contributed by atoms with van der Waals surface area (Å²) in [4.78, 5) is 28.9. The molecule has 1 aromatic heterocycles. The van der Waals surface area contributed by atoms with Crippen LogP contribution >= 0.6 is 11.6 Å². The van der Waals surface area contributed by atoms with Crippen LogP contribution < -0.4 is 10.6 Å². The minimum absolute atomic E-state index is 0.296. The summed E-state index contributed by atoms with van der Waals surface area (Å²) in [7, 11) is 0. The first-order valence-electron chi connectivity index (χ1n) is 9.49. The van der Waals surface area contributed by atoms with E-state index in [1.54, 1.807) is 39.0 Å². The Balaban J connectivity index is 2.39. The average Bonchev–Trinajstić information content (AvgIpc) is 2.66. The van der Waals surface area contributed by atoms with Gasteiger partial charge in [0.05, 0.1) is 16.9 Å². The number of allylic oxidation sites excluding steroid dienone is 4. The second kappa shape index (κ2) is 10.1. The van der Waals surface area contributed by atoms with Crippen molar-refractivity contribution in [2.45, 2.75) is 40.2 Å². The number of carbonyl (C=O) groups is 2. The third kappa shape index (κ3) is 6.74. The monoisotopic (exact) mass is 427 g/mol. The van der Waals surface area contributed by atoms with Gasteiger partial charge in [-0.3, -0.25) is 10.1 Å². The number of nitrogens with zero attached hydrogens (tertiary/aromatic N) is 1. The zero-order chi connectivity index (χ0) is 22.3. The summed E-state index contributed by atoms with van der Waals surface area (Å²) in [6.07, 6.45) is 6.63. The summed E-state index contributed by atoms with van der Waals surface area (Å²) < 4.78 is 5.33. The van der Waals surface area contributed by atoms with Gasteiger partial charge in [-0.2, -0.15) is 0 Å². The second-order valence-corrected chi connectivity index (χ2v) is 7.84. The number of amides is 2. The van der Waals surface area contributed by atoms with Crippen molar-refractivity contribution in [3.8, 4) is 0 Å². The Bertz CT molecular complexity index is 974. The number of benzene rings is 1. The number of pyridine rings is 1. The standard InChI is InChI=1S/C23H26ClN3O3/c1-6-8-15(7-2)16-9-11-18(27-22(29)30-23(3,4)5)19(13-16)26-21(28)17-10-12-20(24)25-14-17/h6-14H,1-5H3,(H,26,28)(H,27,29)/b8-6-,15-7+. The maximum absolute atomic E-state index is 12.7. The van der Waals surface area contributed by atoms with Crippen LogP contribution in [0.2, 0.25) is 5.15 Å². The van der Waals surface area contributed by atoms with E-state index in [9.17, 15) is 9.59 Å². The van der Waals surface area contributed by atoms with Crippen molar-refractivity contribution in [3.63, 3.8) is 0 Å². The highest BCUT2D eigenvalue weighted by Gasteiger charge is 2.18. The molecule has 1 aromatic carbocycles. The molecule has 2 amide bonds. The number of hydrogen-bond acceptors (Lipinski definition) is 4. The number of carbonyl (C=O) groups excluding carboxylic acids is 2. The third-order valence-electron chi connectivity index (χ3n) is 3.88. The lowest BCUT2D eigenvalue weighted by atomic mass is 10.0. The first-order chi connectivity index (χ1) is 14.1. The lowest BCUT2D eigenvalue weighted by Crippen LogP contribution is -2.27. The fourth-order valence-corrected chi connectivity index (χ4v) is 2.70. The van der Waals surface area contributed by atoms with Crippen LogP contribution in [0, 0.1) is 0 Å². The van der Waals surface area contributed by atoms with Gasteiger partial charge in [-0.1, -0.05) is 35.9 Å². The molecule has 2 aromatic rings. The van der Waals surface area contributed by atoms with Gasteiger partial charge in [-0.25, -0.2) is 9.78 Å². The number of anilines is 2. The maximum Gasteiger partial charge on any atom is 0.412 e. The van der Waals surface area contributed by atoms with Gasteiger partial charge >= 0.3 is 6.09 Å². The highest BCUT2D eigenvalue weighted by molar-refractivity contribution is 6.29. The molecule has 0 radical (unpaired) electrons. The van der Waals surface area contributed by atoms with E-state index in [-0.39, 0.29) is 5.91 Å². The Labute approximate surface area is 182 Å². The zero-order valence-electron chi connectivity index (χ0n) is 17.7. The lowest BCUT2D eigenvalue weighted by molar-refractivity contribution is 0.0635. The van der Waals surface area contributed by atoms with E-state index in [1.807, 2.05) is 38.1 Å². The normalized spacial score (nSPS) is 12.0. The van der Waals surface area contributed by atoms with E-state index in [2.05, 4.69) is 15.6 Å². The van der Waals surface area contributed by atoms with Gasteiger partial charge in [0.15, 0.2) is 0 Å². The predicted molar refractivity (Wildman–Crippen MR) is 122 cm³/mol. The van der Waals surface area contributed by atoms with E-state index < -0.39 is 11.7 Å². The second-order valence-electron chi connectivity index (χ2n) is 7.45. The molecule has 0 bridgehead atoms. The maximum atomic E-state index is 12.7. The van der Waals surface area contributed by atoms with Gasteiger partial charge < -0.3 is 10.1 Å². The summed E-state index contributed by atoms with van der Waals surface area (Å²) in [5, 5.41) is 5.83. The van der Waals surface area contributed by atoms with E-state index in [0.717, 1.165) is 11.1 Å². The zero-order valence-corrected chi connectivity index (χ0v) is 18.5. The first kappa shape index (κ1) is 23.2. The van der Waals surface area contributed by atoms with Crippen molar-refractivity contribution in [3.05, 3.63) is 71.0 Å². The van der Waals surface area contributed by atoms with E-state index in [4.69, 9.17) is 16.3 Å². The molecule has 1 heterocycles. The molecule has 0 saturated carbocycles. The van der Waals surface area contributed by atoms with E-state index in [0.29, 0.717) is 22.1 Å². The number of ether oxygens (including phenoxy) is 1. The topological polar surface area (TPSA) is 80.3 Å². The van der Waals surface area contributed by atoms with Crippen LogP contribution in [-0.2, 0) is 4.74 Å². The molecule has 0 saturated heterocycles.